The van der Waals surface area contributed by atoms with E-state index in [-0.39, 0.29) is 41.9 Å². The predicted octanol–water partition coefficient (Wildman–Crippen LogP) is 8.00. The van der Waals surface area contributed by atoms with Crippen molar-refractivity contribution in [2.45, 2.75) is 23.8 Å². The van der Waals surface area contributed by atoms with Crippen molar-refractivity contribution in [1.82, 2.24) is 14.9 Å². The molecule has 0 aliphatic carbocycles. The molecule has 15 heteroatoms. The van der Waals surface area contributed by atoms with E-state index in [2.05, 4.69) is 15.3 Å². The van der Waals surface area contributed by atoms with Crippen molar-refractivity contribution in [3.63, 3.8) is 0 Å². The number of hydrogen-bond acceptors (Lipinski definition) is 6. The van der Waals surface area contributed by atoms with E-state index in [4.69, 9.17) is 9.47 Å². The van der Waals surface area contributed by atoms with E-state index < -0.39 is 32.9 Å². The highest BCUT2D eigenvalue weighted by Gasteiger charge is 2.65. The van der Waals surface area contributed by atoms with Gasteiger partial charge in [-0.2, -0.15) is 0 Å². The molecule has 1 fully saturated rings. The van der Waals surface area contributed by atoms with E-state index >= 15 is 0 Å². The van der Waals surface area contributed by atoms with Gasteiger partial charge in [0.15, 0.2) is 0 Å². The monoisotopic (exact) mass is 638 g/mol. The van der Waals surface area contributed by atoms with Gasteiger partial charge in [0.25, 0.3) is 11.8 Å². The number of rotatable bonds is 8. The molecule has 1 saturated heterocycles. The van der Waals surface area contributed by atoms with Crippen LogP contribution in [0.5, 0.6) is 17.4 Å². The maximum atomic E-state index is 13.0. The van der Waals surface area contributed by atoms with Crippen molar-refractivity contribution in [2.24, 2.45) is 0 Å². The van der Waals surface area contributed by atoms with E-state index in [9.17, 15) is 33.4 Å². The van der Waals surface area contributed by atoms with Crippen LogP contribution in [0, 0.1) is 5.82 Å². The zero-order valence-electron chi connectivity index (χ0n) is 22.6. The summed E-state index contributed by atoms with van der Waals surface area (Å²) in [6.07, 6.45) is 2.93. The Morgan fingerprint density at radius 3 is 2.02 bits per heavy atom. The zero-order valence-corrected chi connectivity index (χ0v) is 23.5. The third kappa shape index (κ3) is 7.78. The maximum Gasteiger partial charge on any atom is 0.310 e. The van der Waals surface area contributed by atoms with Gasteiger partial charge in [-0.15, -0.1) is 0 Å². The van der Waals surface area contributed by atoms with Gasteiger partial charge in [-0.05, 0) is 66.7 Å². The summed E-state index contributed by atoms with van der Waals surface area (Å²) in [5.74, 6) is -0.619. The van der Waals surface area contributed by atoms with Gasteiger partial charge in [0.05, 0.1) is 17.4 Å². The number of pyridine rings is 2. The Bertz CT molecular complexity index is 1650. The van der Waals surface area contributed by atoms with Crippen LogP contribution in [-0.2, 0) is 0 Å². The number of aromatic nitrogens is 2. The number of likely N-dealkylation sites (tertiary alicyclic amines) is 1. The molecule has 0 bridgehead atoms. The quantitative estimate of drug-likeness (QED) is 0.197. The highest BCUT2D eigenvalue weighted by molar-refractivity contribution is 8.45. The van der Waals surface area contributed by atoms with Crippen LogP contribution in [0.15, 0.2) is 90.1 Å². The standard InChI is InChI=1S/C29H24F6N4O4S/c30-20-2-5-23(6-3-20)43-27-12-4-21(18-37-27)38-28(40)19-1-11-26(36-17-19)29(41)39-15-13-24(14-16-39)42-22-7-9-25(10-8-22)44(31,32,33,34)35/h1-12,17-18,24H,13-16H2,(H,38,40). The molecule has 0 atom stereocenters. The van der Waals surface area contributed by atoms with E-state index in [1.807, 2.05) is 0 Å². The molecule has 2 amide bonds. The average molecular weight is 639 g/mol. The Labute approximate surface area is 247 Å². The third-order valence-corrected chi connectivity index (χ3v) is 7.74. The van der Waals surface area contributed by atoms with E-state index in [1.54, 1.807) is 6.07 Å². The number of benzene rings is 2. The lowest BCUT2D eigenvalue weighted by Gasteiger charge is -2.40. The molecule has 0 spiro atoms. The highest BCUT2D eigenvalue weighted by Crippen LogP contribution is 3.02. The van der Waals surface area contributed by atoms with E-state index in [0.717, 1.165) is 12.1 Å². The minimum absolute atomic E-state index is 0.0148. The largest absolute Gasteiger partial charge is 0.490 e. The number of anilines is 1. The summed E-state index contributed by atoms with van der Waals surface area (Å²) < 4.78 is 88.7. The summed E-state index contributed by atoms with van der Waals surface area (Å²) in [7, 11) is -9.76. The van der Waals surface area contributed by atoms with Crippen LogP contribution in [0.2, 0.25) is 0 Å². The van der Waals surface area contributed by atoms with Crippen molar-refractivity contribution < 1.29 is 42.9 Å². The van der Waals surface area contributed by atoms with Gasteiger partial charge < -0.3 is 19.7 Å². The first kappa shape index (κ1) is 30.7. The smallest absolute Gasteiger partial charge is 0.310 e. The molecule has 2 aromatic heterocycles. The fourth-order valence-electron chi connectivity index (χ4n) is 4.30. The summed E-state index contributed by atoms with van der Waals surface area (Å²) in [5, 5.41) is 2.66. The molecule has 0 radical (unpaired) electrons. The van der Waals surface area contributed by atoms with Crippen LogP contribution in [0.1, 0.15) is 33.7 Å². The van der Waals surface area contributed by atoms with Gasteiger partial charge in [0.2, 0.25) is 5.88 Å². The van der Waals surface area contributed by atoms with Gasteiger partial charge in [-0.3, -0.25) is 14.6 Å². The Hall–Kier alpha value is -4.79. The first-order valence-corrected chi connectivity index (χ1v) is 15.0. The number of carbonyl (C=O) groups excluding carboxylic acids is 2. The van der Waals surface area contributed by atoms with Crippen LogP contribution < -0.4 is 14.8 Å². The lowest BCUT2D eigenvalue weighted by atomic mass is 10.1. The van der Waals surface area contributed by atoms with Gasteiger partial charge in [0.1, 0.15) is 34.0 Å². The molecule has 1 aliphatic heterocycles. The maximum absolute atomic E-state index is 13.0. The molecular weight excluding hydrogens is 614 g/mol. The lowest BCUT2D eigenvalue weighted by Crippen LogP contribution is -2.42. The molecule has 232 valence electrons. The highest BCUT2D eigenvalue weighted by atomic mass is 32.5. The van der Waals surface area contributed by atoms with Crippen molar-refractivity contribution in [3.05, 3.63) is 102 Å². The molecule has 1 N–H and O–H groups in total. The second-order valence-corrected chi connectivity index (χ2v) is 12.3. The van der Waals surface area contributed by atoms with Gasteiger partial charge >= 0.3 is 10.2 Å². The molecule has 8 nitrogen and oxygen atoms in total. The molecule has 3 heterocycles. The predicted molar refractivity (Wildman–Crippen MR) is 150 cm³/mol. The number of carbonyl (C=O) groups is 2. The number of amides is 2. The fraction of sp³-hybridized carbons (Fsp3) is 0.172. The van der Waals surface area contributed by atoms with E-state index in [1.165, 1.54) is 59.8 Å². The summed E-state index contributed by atoms with van der Waals surface area (Å²) in [4.78, 5) is 33.3. The summed E-state index contributed by atoms with van der Waals surface area (Å²) in [5.41, 5.74) is 0.676. The molecular formula is C29H24F6N4O4S. The number of halogens is 6. The number of nitrogens with one attached hydrogen (secondary N) is 1. The third-order valence-electron chi connectivity index (χ3n) is 6.58. The molecule has 4 aromatic rings. The zero-order chi connectivity index (χ0) is 31.6. The Morgan fingerprint density at radius 2 is 1.45 bits per heavy atom. The minimum atomic E-state index is -9.76. The number of nitrogens with zero attached hydrogens (tertiary/aromatic N) is 3. The van der Waals surface area contributed by atoms with Crippen molar-refractivity contribution in [3.8, 4) is 17.4 Å². The van der Waals surface area contributed by atoms with Crippen molar-refractivity contribution in [1.29, 1.82) is 0 Å². The second kappa shape index (κ2) is 11.0. The molecule has 0 unspecified atom stereocenters. The van der Waals surface area contributed by atoms with Crippen LogP contribution in [0.25, 0.3) is 0 Å². The van der Waals surface area contributed by atoms with Crippen LogP contribution in [0.4, 0.5) is 29.5 Å². The summed E-state index contributed by atoms with van der Waals surface area (Å²) >= 11 is 0. The van der Waals surface area contributed by atoms with Gasteiger partial charge in [0, 0.05) is 38.2 Å². The number of piperidine rings is 1. The molecule has 5 rings (SSSR count). The van der Waals surface area contributed by atoms with E-state index in [0.29, 0.717) is 36.4 Å². The van der Waals surface area contributed by atoms with Crippen molar-refractivity contribution in [2.75, 3.05) is 18.4 Å². The molecule has 44 heavy (non-hydrogen) atoms. The molecule has 1 aliphatic rings. The molecule has 0 saturated carbocycles. The Balaban J connectivity index is 1.10. The van der Waals surface area contributed by atoms with Gasteiger partial charge in [-0.25, -0.2) is 9.37 Å². The Morgan fingerprint density at radius 1 is 0.795 bits per heavy atom. The fourth-order valence-corrected chi connectivity index (χ4v) is 4.95. The first-order chi connectivity index (χ1) is 20.6. The Kier molecular flexibility index (Phi) is 7.70. The van der Waals surface area contributed by atoms with Crippen LogP contribution in [-0.4, -0.2) is 45.9 Å². The average Bonchev–Trinajstić information content (AvgIpc) is 2.98. The summed E-state index contributed by atoms with van der Waals surface area (Å²) in [6.45, 7) is 0.537. The number of hydrogen-bond donors (Lipinski definition) is 1. The first-order valence-electron chi connectivity index (χ1n) is 13.1. The minimum Gasteiger partial charge on any atom is -0.490 e. The van der Waals surface area contributed by atoms with Crippen LogP contribution in [0.3, 0.4) is 0 Å². The summed E-state index contributed by atoms with van der Waals surface area (Å²) in [6, 6.07) is 13.7. The molecule has 2 aromatic carbocycles. The van der Waals surface area contributed by atoms with Crippen molar-refractivity contribution >= 4 is 27.7 Å². The SMILES string of the molecule is O=C(Nc1ccc(Oc2ccc(F)cc2)nc1)c1ccc(C(=O)N2CCC(Oc3ccc(S(F)(F)(F)(F)F)cc3)CC2)nc1. The lowest BCUT2D eigenvalue weighted by molar-refractivity contribution is 0.0589. The van der Waals surface area contributed by atoms with Gasteiger partial charge in [-0.1, -0.05) is 19.4 Å². The number of ether oxygens (including phenoxy) is 2. The van der Waals surface area contributed by atoms with Crippen LogP contribution >= 0.6 is 10.2 Å². The normalized spacial score (nSPS) is 15.5. The topological polar surface area (TPSA) is 93.6 Å². The second-order valence-electron chi connectivity index (χ2n) is 9.88.